The monoisotopic (exact) mass is 398 g/mol. The first-order chi connectivity index (χ1) is 13.4. The van der Waals surface area contributed by atoms with E-state index in [1.54, 1.807) is 7.05 Å². The molecule has 0 radical (unpaired) electrons. The van der Waals surface area contributed by atoms with Crippen molar-refractivity contribution in [1.29, 1.82) is 0 Å². The van der Waals surface area contributed by atoms with Crippen molar-refractivity contribution in [3.05, 3.63) is 47.3 Å². The van der Waals surface area contributed by atoms with E-state index in [9.17, 15) is 13.2 Å². The second-order valence-corrected chi connectivity index (χ2v) is 6.12. The molecule has 0 aliphatic rings. The van der Waals surface area contributed by atoms with Crippen molar-refractivity contribution < 1.29 is 22.4 Å². The van der Waals surface area contributed by atoms with Crippen LogP contribution in [0.5, 0.6) is 5.75 Å². The van der Waals surface area contributed by atoms with Gasteiger partial charge in [0.2, 0.25) is 0 Å². The molecular formula is C19H25F3N4O2. The molecule has 154 valence electrons. The lowest BCUT2D eigenvalue weighted by atomic mass is 10.2. The van der Waals surface area contributed by atoms with Gasteiger partial charge < -0.3 is 19.9 Å². The Morgan fingerprint density at radius 3 is 2.64 bits per heavy atom. The summed E-state index contributed by atoms with van der Waals surface area (Å²) in [4.78, 5) is 4.12. The van der Waals surface area contributed by atoms with Gasteiger partial charge in [-0.2, -0.15) is 13.2 Å². The van der Waals surface area contributed by atoms with Crippen LogP contribution in [0.3, 0.4) is 0 Å². The van der Waals surface area contributed by atoms with E-state index >= 15 is 0 Å². The molecule has 0 bridgehead atoms. The van der Waals surface area contributed by atoms with Gasteiger partial charge in [0.25, 0.3) is 0 Å². The Morgan fingerprint density at radius 2 is 2.04 bits per heavy atom. The molecule has 1 unspecified atom stereocenters. The fraction of sp³-hybridized carbons (Fsp3) is 0.474. The Balaban J connectivity index is 1.87. The van der Waals surface area contributed by atoms with Crippen LogP contribution in [0.4, 0.5) is 13.2 Å². The molecule has 0 aliphatic heterocycles. The summed E-state index contributed by atoms with van der Waals surface area (Å²) in [5, 5.41) is 10.1. The summed E-state index contributed by atoms with van der Waals surface area (Å²) in [7, 11) is 1.63. The first-order valence-electron chi connectivity index (χ1n) is 9.08. The average molecular weight is 398 g/mol. The quantitative estimate of drug-likeness (QED) is 0.523. The molecular weight excluding hydrogens is 373 g/mol. The number of nitrogens with zero attached hydrogens (tertiary/aromatic N) is 2. The van der Waals surface area contributed by atoms with Gasteiger partial charge in [-0.05, 0) is 31.0 Å². The number of rotatable bonds is 8. The van der Waals surface area contributed by atoms with Gasteiger partial charge in [0.15, 0.2) is 11.7 Å². The van der Waals surface area contributed by atoms with Crippen LogP contribution in [-0.4, -0.2) is 30.8 Å². The molecule has 1 aromatic heterocycles. The maximum absolute atomic E-state index is 12.8. The molecule has 2 N–H and O–H groups in total. The van der Waals surface area contributed by atoms with Crippen LogP contribution in [0.1, 0.15) is 37.3 Å². The summed E-state index contributed by atoms with van der Waals surface area (Å²) in [6.07, 6.45) is -3.31. The molecule has 1 atom stereocenters. The Hall–Kier alpha value is -2.71. The summed E-state index contributed by atoms with van der Waals surface area (Å²) in [5.74, 6) is 1.40. The number of aliphatic imine (C=N–C) groups is 1. The van der Waals surface area contributed by atoms with Crippen LogP contribution in [0.25, 0.3) is 0 Å². The number of aromatic nitrogens is 1. The maximum Gasteiger partial charge on any atom is 0.416 e. The first kappa shape index (κ1) is 21.6. The van der Waals surface area contributed by atoms with Crippen LogP contribution >= 0.6 is 0 Å². The van der Waals surface area contributed by atoms with Crippen molar-refractivity contribution >= 4 is 5.96 Å². The normalized spacial score (nSPS) is 13.3. The molecule has 0 saturated carbocycles. The highest BCUT2D eigenvalue weighted by Crippen LogP contribution is 2.31. The van der Waals surface area contributed by atoms with E-state index < -0.39 is 11.7 Å². The number of benzene rings is 1. The van der Waals surface area contributed by atoms with Gasteiger partial charge in [-0.1, -0.05) is 25.1 Å². The first-order valence-corrected chi connectivity index (χ1v) is 9.08. The zero-order valence-electron chi connectivity index (χ0n) is 16.1. The standard InChI is InChI=1S/C19H25F3N4O2/c1-4-14-10-17(28-26-14)12-25-18(23-3)24-11-15(5-2)27-16-8-6-7-13(9-16)19(20,21)22/h6-10,15H,4-5,11-12H2,1-3H3,(H2,23,24,25). The van der Waals surface area contributed by atoms with Crippen molar-refractivity contribution in [2.45, 2.75) is 45.5 Å². The van der Waals surface area contributed by atoms with E-state index in [0.29, 0.717) is 31.2 Å². The smallest absolute Gasteiger partial charge is 0.416 e. The van der Waals surface area contributed by atoms with Crippen LogP contribution in [0.2, 0.25) is 0 Å². The van der Waals surface area contributed by atoms with Crippen molar-refractivity contribution in [1.82, 2.24) is 15.8 Å². The molecule has 1 aromatic carbocycles. The SMILES string of the molecule is CCc1cc(CNC(=NC)NCC(CC)Oc2cccc(C(F)(F)F)c2)on1. The Kier molecular flexibility index (Phi) is 7.71. The number of nitrogens with one attached hydrogen (secondary N) is 2. The molecule has 6 nitrogen and oxygen atoms in total. The summed E-state index contributed by atoms with van der Waals surface area (Å²) in [5.41, 5.74) is 0.143. The third-order valence-corrected chi connectivity index (χ3v) is 4.04. The third kappa shape index (κ3) is 6.47. The number of aryl methyl sites for hydroxylation is 1. The lowest BCUT2D eigenvalue weighted by molar-refractivity contribution is -0.137. The third-order valence-electron chi connectivity index (χ3n) is 4.04. The molecule has 0 aliphatic carbocycles. The van der Waals surface area contributed by atoms with Crippen LogP contribution < -0.4 is 15.4 Å². The minimum absolute atomic E-state index is 0.181. The number of halogens is 3. The van der Waals surface area contributed by atoms with Gasteiger partial charge in [0, 0.05) is 13.1 Å². The van der Waals surface area contributed by atoms with Gasteiger partial charge in [-0.25, -0.2) is 0 Å². The Morgan fingerprint density at radius 1 is 1.25 bits per heavy atom. The predicted molar refractivity (Wildman–Crippen MR) is 100 cm³/mol. The molecule has 2 rings (SSSR count). The van der Waals surface area contributed by atoms with Gasteiger partial charge in [0.05, 0.1) is 24.3 Å². The van der Waals surface area contributed by atoms with E-state index in [2.05, 4.69) is 20.8 Å². The minimum Gasteiger partial charge on any atom is -0.489 e. The number of ether oxygens (including phenoxy) is 1. The number of hydrogen-bond donors (Lipinski definition) is 2. The number of alkyl halides is 3. The van der Waals surface area contributed by atoms with E-state index in [-0.39, 0.29) is 11.9 Å². The van der Waals surface area contributed by atoms with Crippen molar-refractivity contribution in [3.8, 4) is 5.75 Å². The fourth-order valence-electron chi connectivity index (χ4n) is 2.42. The van der Waals surface area contributed by atoms with Gasteiger partial charge in [-0.3, -0.25) is 4.99 Å². The van der Waals surface area contributed by atoms with Crippen molar-refractivity contribution in [2.75, 3.05) is 13.6 Å². The van der Waals surface area contributed by atoms with Crippen molar-refractivity contribution in [3.63, 3.8) is 0 Å². The Bertz CT molecular complexity index is 775. The highest BCUT2D eigenvalue weighted by atomic mass is 19.4. The van der Waals surface area contributed by atoms with Gasteiger partial charge in [-0.15, -0.1) is 0 Å². The zero-order valence-corrected chi connectivity index (χ0v) is 16.1. The molecule has 0 amide bonds. The van der Waals surface area contributed by atoms with Crippen molar-refractivity contribution in [2.24, 2.45) is 4.99 Å². The van der Waals surface area contributed by atoms with Crippen LogP contribution in [0.15, 0.2) is 39.8 Å². The summed E-state index contributed by atoms with van der Waals surface area (Å²) < 4.78 is 49.4. The predicted octanol–water partition coefficient (Wildman–Crippen LogP) is 3.78. The van der Waals surface area contributed by atoms with E-state index in [0.717, 1.165) is 24.2 Å². The van der Waals surface area contributed by atoms with E-state index in [1.807, 2.05) is 19.9 Å². The maximum atomic E-state index is 12.8. The molecule has 9 heteroatoms. The lowest BCUT2D eigenvalue weighted by Crippen LogP contribution is -2.42. The van der Waals surface area contributed by atoms with Crippen LogP contribution in [-0.2, 0) is 19.1 Å². The number of hydrogen-bond acceptors (Lipinski definition) is 4. The minimum atomic E-state index is -4.40. The van der Waals surface area contributed by atoms with E-state index in [4.69, 9.17) is 9.26 Å². The summed E-state index contributed by atoms with van der Waals surface area (Å²) in [6.45, 7) is 4.68. The topological polar surface area (TPSA) is 71.7 Å². The molecule has 0 fully saturated rings. The van der Waals surface area contributed by atoms with Gasteiger partial charge in [0.1, 0.15) is 11.9 Å². The molecule has 28 heavy (non-hydrogen) atoms. The van der Waals surface area contributed by atoms with E-state index in [1.165, 1.54) is 12.1 Å². The highest BCUT2D eigenvalue weighted by Gasteiger charge is 2.30. The fourth-order valence-corrected chi connectivity index (χ4v) is 2.42. The largest absolute Gasteiger partial charge is 0.489 e. The summed E-state index contributed by atoms with van der Waals surface area (Å²) >= 11 is 0. The van der Waals surface area contributed by atoms with Crippen LogP contribution in [0, 0.1) is 0 Å². The molecule has 0 saturated heterocycles. The number of guanidine groups is 1. The molecule has 2 aromatic rings. The zero-order chi connectivity index (χ0) is 20.6. The second kappa shape index (κ2) is 10.0. The Labute approximate surface area is 162 Å². The molecule has 1 heterocycles. The highest BCUT2D eigenvalue weighted by molar-refractivity contribution is 5.79. The van der Waals surface area contributed by atoms with Gasteiger partial charge >= 0.3 is 6.18 Å². The lowest BCUT2D eigenvalue weighted by Gasteiger charge is -2.20. The average Bonchev–Trinajstić information content (AvgIpc) is 3.14. The summed E-state index contributed by atoms with van der Waals surface area (Å²) in [6, 6.07) is 6.74. The second-order valence-electron chi connectivity index (χ2n) is 6.12. The molecule has 0 spiro atoms.